The second kappa shape index (κ2) is 6.17. The number of nitrogens with zero attached hydrogens (tertiary/aromatic N) is 4. The van der Waals surface area contributed by atoms with Gasteiger partial charge in [-0.05, 0) is 12.6 Å². The lowest BCUT2D eigenvalue weighted by atomic mass is 10.0. The Kier molecular flexibility index (Phi) is 4.32. The van der Waals surface area contributed by atoms with Crippen molar-refractivity contribution in [2.24, 2.45) is 7.05 Å². The molecule has 0 aliphatic heterocycles. The van der Waals surface area contributed by atoms with Gasteiger partial charge < -0.3 is 4.90 Å². The van der Waals surface area contributed by atoms with Crippen LogP contribution in [0.1, 0.15) is 17.0 Å². The second-order valence-corrected chi connectivity index (χ2v) is 4.81. The van der Waals surface area contributed by atoms with E-state index in [0.717, 1.165) is 24.2 Å². The highest BCUT2D eigenvalue weighted by Crippen LogP contribution is 2.16. The summed E-state index contributed by atoms with van der Waals surface area (Å²) < 4.78 is 1.79. The number of hydrogen-bond acceptors (Lipinski definition) is 3. The summed E-state index contributed by atoms with van der Waals surface area (Å²) in [6.45, 7) is 1.52. The SMILES string of the molecule is CN(Cc1cnn(C)c1)CC(C#N)c1ccccc1. The average Bonchev–Trinajstić information content (AvgIpc) is 2.82. The summed E-state index contributed by atoms with van der Waals surface area (Å²) in [6, 6.07) is 12.3. The van der Waals surface area contributed by atoms with Crippen molar-refractivity contribution in [3.05, 3.63) is 53.9 Å². The zero-order valence-corrected chi connectivity index (χ0v) is 11.3. The normalized spacial score (nSPS) is 12.3. The molecule has 0 bridgehead atoms. The summed E-state index contributed by atoms with van der Waals surface area (Å²) >= 11 is 0. The van der Waals surface area contributed by atoms with Gasteiger partial charge in [0.1, 0.15) is 0 Å². The molecule has 4 heteroatoms. The molecule has 2 rings (SSSR count). The Morgan fingerprint density at radius 3 is 2.68 bits per heavy atom. The maximum absolute atomic E-state index is 9.31. The molecule has 0 amide bonds. The molecule has 1 atom stereocenters. The molecule has 0 radical (unpaired) electrons. The van der Waals surface area contributed by atoms with Gasteiger partial charge in [-0.15, -0.1) is 0 Å². The Bertz CT molecular complexity index is 553. The molecule has 4 nitrogen and oxygen atoms in total. The van der Waals surface area contributed by atoms with Crippen LogP contribution in [0.15, 0.2) is 42.7 Å². The molecule has 0 saturated carbocycles. The van der Waals surface area contributed by atoms with Crippen molar-refractivity contribution < 1.29 is 0 Å². The van der Waals surface area contributed by atoms with E-state index in [1.165, 1.54) is 0 Å². The fourth-order valence-corrected chi connectivity index (χ4v) is 2.15. The van der Waals surface area contributed by atoms with Crippen LogP contribution in [-0.2, 0) is 13.6 Å². The number of benzene rings is 1. The Balaban J connectivity index is 1.97. The van der Waals surface area contributed by atoms with Gasteiger partial charge in [-0.3, -0.25) is 4.68 Å². The van der Waals surface area contributed by atoms with Crippen LogP contribution >= 0.6 is 0 Å². The van der Waals surface area contributed by atoms with Gasteiger partial charge in [-0.2, -0.15) is 10.4 Å². The van der Waals surface area contributed by atoms with Crippen LogP contribution in [0, 0.1) is 11.3 Å². The molecule has 1 heterocycles. The summed E-state index contributed by atoms with van der Waals surface area (Å²) in [7, 11) is 3.94. The van der Waals surface area contributed by atoms with Gasteiger partial charge in [0.2, 0.25) is 0 Å². The standard InChI is InChI=1S/C15H18N4/c1-18(10-13-9-17-19(2)11-13)12-15(8-16)14-6-4-3-5-7-14/h3-7,9,11,15H,10,12H2,1-2H3. The molecule has 98 valence electrons. The molecule has 1 aromatic heterocycles. The average molecular weight is 254 g/mol. The lowest BCUT2D eigenvalue weighted by Crippen LogP contribution is -2.23. The van der Waals surface area contributed by atoms with E-state index in [0.29, 0.717) is 0 Å². The van der Waals surface area contributed by atoms with Gasteiger partial charge in [-0.25, -0.2) is 0 Å². The number of rotatable bonds is 5. The van der Waals surface area contributed by atoms with Crippen LogP contribution in [-0.4, -0.2) is 28.3 Å². The zero-order chi connectivity index (χ0) is 13.7. The molecule has 0 spiro atoms. The molecule has 1 unspecified atom stereocenters. The van der Waals surface area contributed by atoms with Crippen molar-refractivity contribution in [1.82, 2.24) is 14.7 Å². The van der Waals surface area contributed by atoms with E-state index in [-0.39, 0.29) is 5.92 Å². The third-order valence-corrected chi connectivity index (χ3v) is 3.06. The molecule has 0 N–H and O–H groups in total. The van der Waals surface area contributed by atoms with Crippen LogP contribution < -0.4 is 0 Å². The van der Waals surface area contributed by atoms with Crippen molar-refractivity contribution in [3.63, 3.8) is 0 Å². The second-order valence-electron chi connectivity index (χ2n) is 4.81. The monoisotopic (exact) mass is 254 g/mol. The molecular formula is C15H18N4. The molecule has 0 fully saturated rings. The molecule has 0 aliphatic rings. The molecule has 0 saturated heterocycles. The van der Waals surface area contributed by atoms with Gasteiger partial charge in [0.05, 0.1) is 18.2 Å². The van der Waals surface area contributed by atoms with Crippen LogP contribution in [0.5, 0.6) is 0 Å². The van der Waals surface area contributed by atoms with Crippen LogP contribution in [0.4, 0.5) is 0 Å². The molecule has 2 aromatic rings. The van der Waals surface area contributed by atoms with E-state index in [4.69, 9.17) is 0 Å². The minimum atomic E-state index is -0.0946. The largest absolute Gasteiger partial charge is 0.300 e. The summed E-state index contributed by atoms with van der Waals surface area (Å²) in [4.78, 5) is 2.15. The van der Waals surface area contributed by atoms with E-state index in [9.17, 15) is 5.26 Å². The Labute approximate surface area is 113 Å². The summed E-state index contributed by atoms with van der Waals surface area (Å²) in [5.41, 5.74) is 2.23. The topological polar surface area (TPSA) is 44.9 Å². The lowest BCUT2D eigenvalue weighted by molar-refractivity contribution is 0.320. The van der Waals surface area contributed by atoms with Crippen molar-refractivity contribution in [1.29, 1.82) is 5.26 Å². The van der Waals surface area contributed by atoms with Gasteiger partial charge in [0, 0.05) is 31.9 Å². The fraction of sp³-hybridized carbons (Fsp3) is 0.333. The highest BCUT2D eigenvalue weighted by atomic mass is 15.2. The molecule has 1 aromatic carbocycles. The first-order chi connectivity index (χ1) is 9.19. The van der Waals surface area contributed by atoms with Crippen LogP contribution in [0.2, 0.25) is 0 Å². The van der Waals surface area contributed by atoms with Crippen molar-refractivity contribution >= 4 is 0 Å². The fourth-order valence-electron chi connectivity index (χ4n) is 2.15. The number of hydrogen-bond donors (Lipinski definition) is 0. The van der Waals surface area contributed by atoms with Gasteiger partial charge in [0.15, 0.2) is 0 Å². The molecular weight excluding hydrogens is 236 g/mol. The van der Waals surface area contributed by atoms with Crippen molar-refractivity contribution in [2.45, 2.75) is 12.5 Å². The minimum Gasteiger partial charge on any atom is -0.300 e. The van der Waals surface area contributed by atoms with Gasteiger partial charge in [0.25, 0.3) is 0 Å². The predicted octanol–water partition coefficient (Wildman–Crippen LogP) is 2.16. The predicted molar refractivity (Wildman–Crippen MR) is 74.3 cm³/mol. The highest BCUT2D eigenvalue weighted by Gasteiger charge is 2.13. The quantitative estimate of drug-likeness (QED) is 0.821. The van der Waals surface area contributed by atoms with E-state index in [1.807, 2.05) is 56.8 Å². The Morgan fingerprint density at radius 1 is 1.37 bits per heavy atom. The first-order valence-corrected chi connectivity index (χ1v) is 6.29. The minimum absolute atomic E-state index is 0.0946. The summed E-state index contributed by atoms with van der Waals surface area (Å²) in [6.07, 6.45) is 3.86. The van der Waals surface area contributed by atoms with Crippen molar-refractivity contribution in [3.8, 4) is 6.07 Å². The highest BCUT2D eigenvalue weighted by molar-refractivity contribution is 5.25. The summed E-state index contributed by atoms with van der Waals surface area (Å²) in [5.74, 6) is -0.0946. The van der Waals surface area contributed by atoms with Crippen molar-refractivity contribution in [2.75, 3.05) is 13.6 Å². The summed E-state index contributed by atoms with van der Waals surface area (Å²) in [5, 5.41) is 13.5. The smallest absolute Gasteiger partial charge is 0.0839 e. The number of aryl methyl sites for hydroxylation is 1. The third kappa shape index (κ3) is 3.67. The maximum atomic E-state index is 9.31. The first kappa shape index (κ1) is 13.3. The Hall–Kier alpha value is -2.12. The zero-order valence-electron chi connectivity index (χ0n) is 11.3. The first-order valence-electron chi connectivity index (χ1n) is 6.29. The van der Waals surface area contributed by atoms with Crippen LogP contribution in [0.25, 0.3) is 0 Å². The van der Waals surface area contributed by atoms with Crippen LogP contribution in [0.3, 0.4) is 0 Å². The number of aromatic nitrogens is 2. The Morgan fingerprint density at radius 2 is 2.11 bits per heavy atom. The van der Waals surface area contributed by atoms with E-state index >= 15 is 0 Å². The maximum Gasteiger partial charge on any atom is 0.0839 e. The van der Waals surface area contributed by atoms with E-state index in [1.54, 1.807) is 4.68 Å². The van der Waals surface area contributed by atoms with E-state index < -0.39 is 0 Å². The van der Waals surface area contributed by atoms with Gasteiger partial charge in [-0.1, -0.05) is 30.3 Å². The van der Waals surface area contributed by atoms with Gasteiger partial charge >= 0.3 is 0 Å². The molecule has 0 aliphatic carbocycles. The number of likely N-dealkylation sites (N-methyl/N-ethyl adjacent to an activating group) is 1. The lowest BCUT2D eigenvalue weighted by Gasteiger charge is -2.19. The third-order valence-electron chi connectivity index (χ3n) is 3.06. The molecule has 19 heavy (non-hydrogen) atoms. The number of nitriles is 1. The van der Waals surface area contributed by atoms with E-state index in [2.05, 4.69) is 16.1 Å².